The predicted molar refractivity (Wildman–Crippen MR) is 74.3 cm³/mol. The van der Waals surface area contributed by atoms with E-state index < -0.39 is 11.7 Å². The standard InChI is InChI=1S/C16H16F3N/c1-11(10-20)14-4-2-3-5-15(14)12-6-8-13(9-7-12)16(17,18)19/h2-9,11H,10,20H2,1H3. The van der Waals surface area contributed by atoms with E-state index >= 15 is 0 Å². The molecule has 20 heavy (non-hydrogen) atoms. The Morgan fingerprint density at radius 1 is 1.00 bits per heavy atom. The first-order chi connectivity index (χ1) is 9.43. The van der Waals surface area contributed by atoms with E-state index in [4.69, 9.17) is 5.73 Å². The van der Waals surface area contributed by atoms with Gasteiger partial charge in [-0.05, 0) is 41.3 Å². The predicted octanol–water partition coefficient (Wildman–Crippen LogP) is 4.43. The number of alkyl halides is 3. The van der Waals surface area contributed by atoms with E-state index in [1.54, 1.807) is 0 Å². The van der Waals surface area contributed by atoms with Crippen molar-refractivity contribution < 1.29 is 13.2 Å². The maximum absolute atomic E-state index is 12.6. The van der Waals surface area contributed by atoms with Crippen molar-refractivity contribution in [3.8, 4) is 11.1 Å². The van der Waals surface area contributed by atoms with E-state index in [1.165, 1.54) is 12.1 Å². The highest BCUT2D eigenvalue weighted by atomic mass is 19.4. The summed E-state index contributed by atoms with van der Waals surface area (Å²) in [5.41, 5.74) is 7.80. The van der Waals surface area contributed by atoms with Crippen molar-refractivity contribution in [3.63, 3.8) is 0 Å². The van der Waals surface area contributed by atoms with Gasteiger partial charge in [-0.2, -0.15) is 13.2 Å². The molecule has 0 amide bonds. The van der Waals surface area contributed by atoms with Crippen molar-refractivity contribution in [2.24, 2.45) is 5.73 Å². The Morgan fingerprint density at radius 3 is 2.15 bits per heavy atom. The third-order valence-corrected chi connectivity index (χ3v) is 3.37. The highest BCUT2D eigenvalue weighted by Gasteiger charge is 2.30. The van der Waals surface area contributed by atoms with Gasteiger partial charge >= 0.3 is 6.18 Å². The summed E-state index contributed by atoms with van der Waals surface area (Å²) in [6, 6.07) is 12.9. The molecule has 0 aliphatic heterocycles. The van der Waals surface area contributed by atoms with Crippen LogP contribution in [-0.2, 0) is 6.18 Å². The van der Waals surface area contributed by atoms with Gasteiger partial charge in [-0.15, -0.1) is 0 Å². The molecule has 0 saturated carbocycles. The zero-order valence-electron chi connectivity index (χ0n) is 11.1. The van der Waals surface area contributed by atoms with Crippen LogP contribution < -0.4 is 5.73 Å². The molecule has 0 aliphatic rings. The minimum atomic E-state index is -4.30. The Bertz CT molecular complexity index is 573. The molecule has 0 aliphatic carbocycles. The average molecular weight is 279 g/mol. The minimum Gasteiger partial charge on any atom is -0.330 e. The van der Waals surface area contributed by atoms with Crippen LogP contribution in [0.5, 0.6) is 0 Å². The van der Waals surface area contributed by atoms with Crippen molar-refractivity contribution in [3.05, 3.63) is 59.7 Å². The monoisotopic (exact) mass is 279 g/mol. The molecule has 0 radical (unpaired) electrons. The molecule has 0 fully saturated rings. The zero-order valence-corrected chi connectivity index (χ0v) is 11.1. The summed E-state index contributed by atoms with van der Waals surface area (Å²) in [7, 11) is 0. The SMILES string of the molecule is CC(CN)c1ccccc1-c1ccc(C(F)(F)F)cc1. The molecule has 106 valence electrons. The van der Waals surface area contributed by atoms with Crippen molar-refractivity contribution in [1.82, 2.24) is 0 Å². The zero-order chi connectivity index (χ0) is 14.8. The second kappa shape index (κ2) is 5.67. The van der Waals surface area contributed by atoms with Gasteiger partial charge in [0.2, 0.25) is 0 Å². The summed E-state index contributed by atoms with van der Waals surface area (Å²) in [6.07, 6.45) is -4.30. The lowest BCUT2D eigenvalue weighted by Crippen LogP contribution is -2.10. The fraction of sp³-hybridized carbons (Fsp3) is 0.250. The van der Waals surface area contributed by atoms with Crippen molar-refractivity contribution in [2.45, 2.75) is 19.0 Å². The van der Waals surface area contributed by atoms with Gasteiger partial charge in [-0.1, -0.05) is 43.3 Å². The summed E-state index contributed by atoms with van der Waals surface area (Å²) in [4.78, 5) is 0. The maximum Gasteiger partial charge on any atom is 0.416 e. The lowest BCUT2D eigenvalue weighted by atomic mass is 9.91. The maximum atomic E-state index is 12.6. The highest BCUT2D eigenvalue weighted by Crippen LogP contribution is 2.33. The summed E-state index contributed by atoms with van der Waals surface area (Å²) in [5.74, 6) is 0.161. The van der Waals surface area contributed by atoms with Crippen LogP contribution >= 0.6 is 0 Å². The van der Waals surface area contributed by atoms with E-state index in [0.717, 1.165) is 28.8 Å². The quantitative estimate of drug-likeness (QED) is 0.883. The van der Waals surface area contributed by atoms with Gasteiger partial charge in [0.15, 0.2) is 0 Å². The van der Waals surface area contributed by atoms with Crippen molar-refractivity contribution in [1.29, 1.82) is 0 Å². The Kier molecular flexibility index (Phi) is 4.14. The van der Waals surface area contributed by atoms with E-state index in [0.29, 0.717) is 6.54 Å². The first kappa shape index (κ1) is 14.6. The lowest BCUT2D eigenvalue weighted by Gasteiger charge is -2.15. The molecular weight excluding hydrogens is 263 g/mol. The van der Waals surface area contributed by atoms with Crippen molar-refractivity contribution >= 4 is 0 Å². The second-order valence-corrected chi connectivity index (χ2v) is 4.80. The van der Waals surface area contributed by atoms with E-state index in [-0.39, 0.29) is 5.92 Å². The molecule has 0 saturated heterocycles. The third kappa shape index (κ3) is 3.02. The molecule has 0 aromatic heterocycles. The van der Waals surface area contributed by atoms with Crippen LogP contribution in [-0.4, -0.2) is 6.54 Å². The number of rotatable bonds is 3. The first-order valence-electron chi connectivity index (χ1n) is 6.40. The summed E-state index contributed by atoms with van der Waals surface area (Å²) in [6.45, 7) is 2.50. The van der Waals surface area contributed by atoms with Gasteiger partial charge in [0, 0.05) is 0 Å². The van der Waals surface area contributed by atoms with Gasteiger partial charge in [0.25, 0.3) is 0 Å². The molecular formula is C16H16F3N. The summed E-state index contributed by atoms with van der Waals surface area (Å²) < 4.78 is 37.7. The van der Waals surface area contributed by atoms with Crippen LogP contribution in [0.1, 0.15) is 24.0 Å². The molecule has 0 bridgehead atoms. The van der Waals surface area contributed by atoms with Crippen molar-refractivity contribution in [2.75, 3.05) is 6.54 Å². The van der Waals surface area contributed by atoms with Crippen LogP contribution in [0.15, 0.2) is 48.5 Å². The molecule has 2 N–H and O–H groups in total. The fourth-order valence-electron chi connectivity index (χ4n) is 2.16. The number of nitrogens with two attached hydrogens (primary N) is 1. The molecule has 1 unspecified atom stereocenters. The number of hydrogen-bond donors (Lipinski definition) is 1. The van der Waals surface area contributed by atoms with Gasteiger partial charge in [0.05, 0.1) is 5.56 Å². The smallest absolute Gasteiger partial charge is 0.330 e. The Morgan fingerprint density at radius 2 is 1.60 bits per heavy atom. The Hall–Kier alpha value is -1.81. The topological polar surface area (TPSA) is 26.0 Å². The minimum absolute atomic E-state index is 0.161. The van der Waals surface area contributed by atoms with Gasteiger partial charge in [0.1, 0.15) is 0 Å². The summed E-state index contributed by atoms with van der Waals surface area (Å²) >= 11 is 0. The molecule has 0 heterocycles. The molecule has 1 nitrogen and oxygen atoms in total. The normalized spacial score (nSPS) is 13.2. The first-order valence-corrected chi connectivity index (χ1v) is 6.40. The molecule has 0 spiro atoms. The van der Waals surface area contributed by atoms with Gasteiger partial charge in [-0.3, -0.25) is 0 Å². The van der Waals surface area contributed by atoms with E-state index in [1.807, 2.05) is 31.2 Å². The van der Waals surface area contributed by atoms with Crippen LogP contribution in [0.3, 0.4) is 0 Å². The van der Waals surface area contributed by atoms with Gasteiger partial charge in [-0.25, -0.2) is 0 Å². The fourth-order valence-corrected chi connectivity index (χ4v) is 2.16. The summed E-state index contributed by atoms with van der Waals surface area (Å²) in [5, 5.41) is 0. The Balaban J connectivity index is 2.42. The average Bonchev–Trinajstić information content (AvgIpc) is 2.45. The molecule has 2 aromatic rings. The Labute approximate surface area is 116 Å². The van der Waals surface area contributed by atoms with Crippen LogP contribution in [0.2, 0.25) is 0 Å². The number of hydrogen-bond acceptors (Lipinski definition) is 1. The van der Waals surface area contributed by atoms with E-state index in [2.05, 4.69) is 0 Å². The van der Waals surface area contributed by atoms with Gasteiger partial charge < -0.3 is 5.73 Å². The molecule has 2 rings (SSSR count). The van der Waals surface area contributed by atoms with Crippen LogP contribution in [0.25, 0.3) is 11.1 Å². The van der Waals surface area contributed by atoms with E-state index in [9.17, 15) is 13.2 Å². The molecule has 1 atom stereocenters. The highest BCUT2D eigenvalue weighted by molar-refractivity contribution is 5.68. The van der Waals surface area contributed by atoms with Crippen LogP contribution in [0, 0.1) is 0 Å². The second-order valence-electron chi connectivity index (χ2n) is 4.80. The third-order valence-electron chi connectivity index (χ3n) is 3.37. The number of halogens is 3. The lowest BCUT2D eigenvalue weighted by molar-refractivity contribution is -0.137. The van der Waals surface area contributed by atoms with Crippen LogP contribution in [0.4, 0.5) is 13.2 Å². The number of benzene rings is 2. The largest absolute Gasteiger partial charge is 0.416 e. The molecule has 2 aromatic carbocycles. The molecule has 4 heteroatoms.